The molecule has 2 aliphatic heterocycles. The summed E-state index contributed by atoms with van der Waals surface area (Å²) in [6, 6.07) is 10.3. The number of likely N-dealkylation sites (N-methyl/N-ethyl adjacent to an activating group) is 1. The van der Waals surface area contributed by atoms with Crippen LogP contribution in [-0.2, 0) is 13.0 Å². The van der Waals surface area contributed by atoms with Crippen molar-refractivity contribution >= 4 is 10.8 Å². The Morgan fingerprint density at radius 3 is 2.62 bits per heavy atom. The van der Waals surface area contributed by atoms with Gasteiger partial charge in [0, 0.05) is 19.0 Å². The number of pyridine rings is 1. The number of methoxy groups -OCH3 is 1. The number of aromatic nitrogens is 1. The number of benzene rings is 2. The SMILES string of the molecule is CCN(CC)CC(O)COc1c(OC)ccc2cc3[n+](cc12)CCc1cc2c(cc1-3)OCO2.[Br-]. The van der Waals surface area contributed by atoms with E-state index in [1.165, 1.54) is 11.1 Å². The summed E-state index contributed by atoms with van der Waals surface area (Å²) in [6.45, 7) is 7.91. The second-order valence-electron chi connectivity index (χ2n) is 8.52. The van der Waals surface area contributed by atoms with Crippen LogP contribution in [0.3, 0.4) is 0 Å². The number of halogens is 1. The number of fused-ring (bicyclic) bond motifs is 5. The zero-order chi connectivity index (χ0) is 22.9. The fourth-order valence-corrected chi connectivity index (χ4v) is 4.72. The molecule has 7 nitrogen and oxygen atoms in total. The number of rotatable bonds is 8. The van der Waals surface area contributed by atoms with Crippen molar-refractivity contribution in [1.82, 2.24) is 4.90 Å². The molecule has 182 valence electrons. The Morgan fingerprint density at radius 1 is 1.12 bits per heavy atom. The van der Waals surface area contributed by atoms with Crippen LogP contribution in [0.15, 0.2) is 36.5 Å². The summed E-state index contributed by atoms with van der Waals surface area (Å²) in [5.74, 6) is 2.95. The molecule has 1 aromatic heterocycles. The first kappa shape index (κ1) is 24.6. The third kappa shape index (κ3) is 4.54. The molecule has 0 radical (unpaired) electrons. The van der Waals surface area contributed by atoms with Gasteiger partial charge in [-0.05, 0) is 48.3 Å². The third-order valence-electron chi connectivity index (χ3n) is 6.58. The van der Waals surface area contributed by atoms with Crippen LogP contribution in [0.25, 0.3) is 22.0 Å². The molecule has 1 atom stereocenters. The van der Waals surface area contributed by atoms with Crippen molar-refractivity contribution in [3.8, 4) is 34.3 Å². The maximum atomic E-state index is 10.5. The van der Waals surface area contributed by atoms with E-state index in [1.54, 1.807) is 7.11 Å². The van der Waals surface area contributed by atoms with Crippen molar-refractivity contribution in [2.24, 2.45) is 0 Å². The van der Waals surface area contributed by atoms with Crippen LogP contribution in [-0.4, -0.2) is 56.3 Å². The van der Waals surface area contributed by atoms with Crippen molar-refractivity contribution in [3.05, 3.63) is 42.1 Å². The van der Waals surface area contributed by atoms with E-state index in [2.05, 4.69) is 53.8 Å². The zero-order valence-electron chi connectivity index (χ0n) is 19.8. The van der Waals surface area contributed by atoms with Crippen LogP contribution >= 0.6 is 0 Å². The molecule has 2 aliphatic rings. The zero-order valence-corrected chi connectivity index (χ0v) is 21.4. The molecule has 3 heterocycles. The summed E-state index contributed by atoms with van der Waals surface area (Å²) in [7, 11) is 1.64. The lowest BCUT2D eigenvalue weighted by Gasteiger charge is -2.22. The van der Waals surface area contributed by atoms with Gasteiger partial charge in [0.1, 0.15) is 12.7 Å². The van der Waals surface area contributed by atoms with Gasteiger partial charge in [-0.2, -0.15) is 4.57 Å². The molecular weight excluding hydrogens is 500 g/mol. The third-order valence-corrected chi connectivity index (χ3v) is 6.58. The molecule has 34 heavy (non-hydrogen) atoms. The van der Waals surface area contributed by atoms with E-state index in [4.69, 9.17) is 18.9 Å². The maximum Gasteiger partial charge on any atom is 0.231 e. The molecule has 0 spiro atoms. The van der Waals surface area contributed by atoms with E-state index in [1.807, 2.05) is 6.07 Å². The van der Waals surface area contributed by atoms with Crippen molar-refractivity contribution in [1.29, 1.82) is 0 Å². The smallest absolute Gasteiger partial charge is 0.231 e. The summed E-state index contributed by atoms with van der Waals surface area (Å²) in [5, 5.41) is 12.5. The van der Waals surface area contributed by atoms with Crippen LogP contribution in [0.1, 0.15) is 19.4 Å². The Bertz CT molecular complexity index is 1180. The highest BCUT2D eigenvalue weighted by Gasteiger charge is 2.28. The lowest BCUT2D eigenvalue weighted by atomic mass is 9.95. The largest absolute Gasteiger partial charge is 1.00 e. The van der Waals surface area contributed by atoms with Gasteiger partial charge < -0.3 is 45.9 Å². The first-order valence-corrected chi connectivity index (χ1v) is 11.6. The summed E-state index contributed by atoms with van der Waals surface area (Å²) in [6.07, 6.45) is 2.47. The minimum atomic E-state index is -0.577. The molecule has 1 N–H and O–H groups in total. The molecule has 0 aliphatic carbocycles. The van der Waals surface area contributed by atoms with Crippen molar-refractivity contribution in [2.75, 3.05) is 40.1 Å². The van der Waals surface area contributed by atoms with Crippen molar-refractivity contribution in [3.63, 3.8) is 0 Å². The molecule has 8 heteroatoms. The van der Waals surface area contributed by atoms with Crippen LogP contribution in [0.2, 0.25) is 0 Å². The average molecular weight is 531 g/mol. The Morgan fingerprint density at radius 2 is 1.88 bits per heavy atom. The predicted octanol–water partition coefficient (Wildman–Crippen LogP) is 0.173. The minimum Gasteiger partial charge on any atom is -1.00 e. The molecular formula is C26H31BrN2O5. The summed E-state index contributed by atoms with van der Waals surface area (Å²) < 4.78 is 25.2. The molecule has 2 aromatic carbocycles. The second kappa shape index (κ2) is 10.4. The Hall–Kier alpha value is -2.55. The van der Waals surface area contributed by atoms with E-state index >= 15 is 0 Å². The maximum absolute atomic E-state index is 10.5. The summed E-state index contributed by atoms with van der Waals surface area (Å²) in [4.78, 5) is 2.18. The number of hydrogen-bond acceptors (Lipinski definition) is 6. The number of ether oxygens (including phenoxy) is 4. The van der Waals surface area contributed by atoms with Gasteiger partial charge in [-0.15, -0.1) is 0 Å². The number of aliphatic hydroxyl groups excluding tert-OH is 1. The van der Waals surface area contributed by atoms with Crippen LogP contribution in [0, 0.1) is 0 Å². The highest BCUT2D eigenvalue weighted by Crippen LogP contribution is 2.41. The van der Waals surface area contributed by atoms with Crippen LogP contribution < -0.4 is 40.5 Å². The van der Waals surface area contributed by atoms with Gasteiger partial charge >= 0.3 is 0 Å². The lowest BCUT2D eigenvalue weighted by Crippen LogP contribution is -3.00. The van der Waals surface area contributed by atoms with E-state index in [0.29, 0.717) is 18.0 Å². The van der Waals surface area contributed by atoms with E-state index in [0.717, 1.165) is 54.0 Å². The first-order valence-electron chi connectivity index (χ1n) is 11.6. The van der Waals surface area contributed by atoms with Gasteiger partial charge in [0.15, 0.2) is 35.7 Å². The fraction of sp³-hybridized carbons (Fsp3) is 0.423. The van der Waals surface area contributed by atoms with Gasteiger partial charge in [0.25, 0.3) is 0 Å². The number of aliphatic hydroxyl groups is 1. The second-order valence-corrected chi connectivity index (χ2v) is 8.52. The summed E-state index contributed by atoms with van der Waals surface area (Å²) >= 11 is 0. The van der Waals surface area contributed by atoms with Crippen LogP contribution in [0.5, 0.6) is 23.0 Å². The Kier molecular flexibility index (Phi) is 7.50. The normalized spacial score (nSPS) is 14.4. The Labute approximate surface area is 210 Å². The number of nitrogens with zero attached hydrogens (tertiary/aromatic N) is 2. The predicted molar refractivity (Wildman–Crippen MR) is 125 cm³/mol. The van der Waals surface area contributed by atoms with E-state index in [-0.39, 0.29) is 30.4 Å². The molecule has 0 saturated heterocycles. The minimum absolute atomic E-state index is 0. The van der Waals surface area contributed by atoms with E-state index < -0.39 is 6.10 Å². The van der Waals surface area contributed by atoms with Gasteiger partial charge in [0.2, 0.25) is 12.5 Å². The number of hydrogen-bond donors (Lipinski definition) is 1. The number of aryl methyl sites for hydroxylation is 2. The highest BCUT2D eigenvalue weighted by molar-refractivity contribution is 5.91. The molecule has 0 fully saturated rings. The molecule has 3 aromatic rings. The van der Waals surface area contributed by atoms with Gasteiger partial charge in [-0.3, -0.25) is 0 Å². The first-order chi connectivity index (χ1) is 16.1. The quantitative estimate of drug-likeness (QED) is 0.419. The highest BCUT2D eigenvalue weighted by atomic mass is 79.9. The summed E-state index contributed by atoms with van der Waals surface area (Å²) in [5.41, 5.74) is 3.57. The van der Waals surface area contributed by atoms with Crippen molar-refractivity contribution in [2.45, 2.75) is 32.9 Å². The topological polar surface area (TPSA) is 64.3 Å². The van der Waals surface area contributed by atoms with E-state index in [9.17, 15) is 5.11 Å². The van der Waals surface area contributed by atoms with Crippen LogP contribution in [0.4, 0.5) is 0 Å². The molecule has 1 unspecified atom stereocenters. The fourth-order valence-electron chi connectivity index (χ4n) is 4.72. The molecule has 5 rings (SSSR count). The van der Waals surface area contributed by atoms with Gasteiger partial charge in [0.05, 0.1) is 18.1 Å². The molecule has 0 amide bonds. The molecule has 0 saturated carbocycles. The van der Waals surface area contributed by atoms with Gasteiger partial charge in [-0.1, -0.05) is 13.8 Å². The standard InChI is InChI=1S/C26H31N2O5.BrH/c1-4-27(5-2)13-19(29)15-31-26-21-14-28-9-8-18-11-24-25(33-16-32-24)12-20(18)22(28)10-17(21)6-7-23(26)30-3;/h6-7,10-12,14,19,29H,4-5,8-9,13,15-16H2,1-3H3;1H/q+1;/p-1. The Balaban J connectivity index is 0.00000274. The van der Waals surface area contributed by atoms with Gasteiger partial charge in [-0.25, -0.2) is 0 Å². The lowest BCUT2D eigenvalue weighted by molar-refractivity contribution is -0.686. The molecule has 0 bridgehead atoms. The monoisotopic (exact) mass is 530 g/mol. The average Bonchev–Trinajstić information content (AvgIpc) is 3.30. The van der Waals surface area contributed by atoms with Crippen molar-refractivity contribution < 1.29 is 45.6 Å².